The number of amides is 1. The molecule has 3 N–H and O–H groups in total. The summed E-state index contributed by atoms with van der Waals surface area (Å²) in [6, 6.07) is -0.0294. The van der Waals surface area contributed by atoms with Gasteiger partial charge in [0.25, 0.3) is 0 Å². The van der Waals surface area contributed by atoms with Crippen LogP contribution in [0.1, 0.15) is 6.42 Å². The first-order valence-electron chi connectivity index (χ1n) is 4.11. The molecule has 5 nitrogen and oxygen atoms in total. The monoisotopic (exact) mass is 206 g/mol. The highest BCUT2D eigenvalue weighted by molar-refractivity contribution is 7.90. The Morgan fingerprint density at radius 1 is 1.62 bits per heavy atom. The van der Waals surface area contributed by atoms with Crippen LogP contribution in [-0.4, -0.2) is 38.9 Å². The Morgan fingerprint density at radius 3 is 2.54 bits per heavy atom. The van der Waals surface area contributed by atoms with Crippen LogP contribution in [0.5, 0.6) is 0 Å². The van der Waals surface area contributed by atoms with Gasteiger partial charge in [-0.25, -0.2) is 8.42 Å². The molecule has 2 atom stereocenters. The molecule has 6 heteroatoms. The molecule has 1 fully saturated rings. The molecule has 2 unspecified atom stereocenters. The molecule has 76 valence electrons. The lowest BCUT2D eigenvalue weighted by Crippen LogP contribution is -2.31. The third-order valence-electron chi connectivity index (χ3n) is 1.95. The summed E-state index contributed by atoms with van der Waals surface area (Å²) in [7, 11) is -2.98. The lowest BCUT2D eigenvalue weighted by Gasteiger charge is -2.02. The Bertz CT molecular complexity index is 299. The van der Waals surface area contributed by atoms with Gasteiger partial charge in [-0.15, -0.1) is 0 Å². The highest BCUT2D eigenvalue weighted by Gasteiger charge is 2.39. The molecule has 0 aliphatic heterocycles. The molecule has 0 aromatic rings. The molecule has 1 amide bonds. The number of carbonyl (C=O) groups excluding carboxylic acids is 1. The first-order chi connectivity index (χ1) is 5.90. The van der Waals surface area contributed by atoms with E-state index in [0.29, 0.717) is 6.42 Å². The summed E-state index contributed by atoms with van der Waals surface area (Å²) in [5.41, 5.74) is 5.45. The number of carbonyl (C=O) groups is 1. The average molecular weight is 206 g/mol. The zero-order valence-corrected chi connectivity index (χ0v) is 8.30. The number of hydrogen-bond donors (Lipinski definition) is 2. The number of nitrogens with one attached hydrogen (secondary N) is 1. The van der Waals surface area contributed by atoms with Crippen LogP contribution in [-0.2, 0) is 14.6 Å². The summed E-state index contributed by atoms with van der Waals surface area (Å²) in [5.74, 6) is -0.239. The quantitative estimate of drug-likeness (QED) is 0.585. The van der Waals surface area contributed by atoms with E-state index in [4.69, 9.17) is 5.73 Å². The maximum Gasteiger partial charge on any atom is 0.224 e. The van der Waals surface area contributed by atoms with Crippen LogP contribution in [0.25, 0.3) is 0 Å². The molecule has 0 aromatic heterocycles. The summed E-state index contributed by atoms with van der Waals surface area (Å²) in [6.07, 6.45) is 1.85. The standard InChI is InChI=1S/C7H14N2O3S/c1-13(11,12)3-2-9-7(10)5-4-6(5)8/h5-6H,2-4,8H2,1H3,(H,9,10). The minimum atomic E-state index is -2.98. The summed E-state index contributed by atoms with van der Waals surface area (Å²) < 4.78 is 21.4. The van der Waals surface area contributed by atoms with Crippen LogP contribution in [0.3, 0.4) is 0 Å². The second-order valence-electron chi connectivity index (χ2n) is 3.43. The van der Waals surface area contributed by atoms with Gasteiger partial charge in [0.15, 0.2) is 0 Å². The molecule has 13 heavy (non-hydrogen) atoms. The van der Waals surface area contributed by atoms with Crippen molar-refractivity contribution < 1.29 is 13.2 Å². The van der Waals surface area contributed by atoms with Gasteiger partial charge in [0, 0.05) is 18.8 Å². The van der Waals surface area contributed by atoms with Crippen molar-refractivity contribution in [1.82, 2.24) is 5.32 Å². The highest BCUT2D eigenvalue weighted by atomic mass is 32.2. The highest BCUT2D eigenvalue weighted by Crippen LogP contribution is 2.27. The van der Waals surface area contributed by atoms with Crippen molar-refractivity contribution in [3.05, 3.63) is 0 Å². The van der Waals surface area contributed by atoms with E-state index in [9.17, 15) is 13.2 Å². The van der Waals surface area contributed by atoms with E-state index in [2.05, 4.69) is 5.32 Å². The summed E-state index contributed by atoms with van der Waals surface area (Å²) in [6.45, 7) is 0.181. The molecule has 0 spiro atoms. The van der Waals surface area contributed by atoms with Gasteiger partial charge < -0.3 is 11.1 Å². The van der Waals surface area contributed by atoms with Crippen LogP contribution >= 0.6 is 0 Å². The lowest BCUT2D eigenvalue weighted by atomic mass is 10.4. The minimum Gasteiger partial charge on any atom is -0.355 e. The van der Waals surface area contributed by atoms with Crippen molar-refractivity contribution in [1.29, 1.82) is 0 Å². The maximum absolute atomic E-state index is 11.1. The fourth-order valence-corrected chi connectivity index (χ4v) is 1.48. The third kappa shape index (κ3) is 3.73. The van der Waals surface area contributed by atoms with Gasteiger partial charge in [-0.05, 0) is 6.42 Å². The number of nitrogens with two attached hydrogens (primary N) is 1. The van der Waals surface area contributed by atoms with E-state index >= 15 is 0 Å². The summed E-state index contributed by atoms with van der Waals surface area (Å²) >= 11 is 0. The van der Waals surface area contributed by atoms with Gasteiger partial charge in [0.2, 0.25) is 5.91 Å². The van der Waals surface area contributed by atoms with Crippen molar-refractivity contribution in [2.45, 2.75) is 12.5 Å². The number of rotatable bonds is 4. The molecule has 0 bridgehead atoms. The molecule has 0 heterocycles. The van der Waals surface area contributed by atoms with E-state index in [1.165, 1.54) is 0 Å². The lowest BCUT2D eigenvalue weighted by molar-refractivity contribution is -0.122. The van der Waals surface area contributed by atoms with Crippen LogP contribution in [0.15, 0.2) is 0 Å². The number of hydrogen-bond acceptors (Lipinski definition) is 4. The van der Waals surface area contributed by atoms with Crippen molar-refractivity contribution in [3.8, 4) is 0 Å². The largest absolute Gasteiger partial charge is 0.355 e. The van der Waals surface area contributed by atoms with Gasteiger partial charge in [0.1, 0.15) is 9.84 Å². The fraction of sp³-hybridized carbons (Fsp3) is 0.857. The van der Waals surface area contributed by atoms with E-state index in [0.717, 1.165) is 6.26 Å². The Hall–Kier alpha value is -0.620. The molecule has 1 aliphatic rings. The van der Waals surface area contributed by atoms with Crippen LogP contribution in [0.2, 0.25) is 0 Å². The zero-order valence-electron chi connectivity index (χ0n) is 7.49. The predicted octanol–water partition coefficient (Wildman–Crippen LogP) is -1.51. The summed E-state index contributed by atoms with van der Waals surface area (Å²) in [5, 5.41) is 2.53. The van der Waals surface area contributed by atoms with Gasteiger partial charge >= 0.3 is 0 Å². The Kier molecular flexibility index (Phi) is 2.92. The molecular weight excluding hydrogens is 192 g/mol. The van der Waals surface area contributed by atoms with Gasteiger partial charge in [-0.3, -0.25) is 4.79 Å². The van der Waals surface area contributed by atoms with Crippen molar-refractivity contribution in [3.63, 3.8) is 0 Å². The third-order valence-corrected chi connectivity index (χ3v) is 2.89. The molecule has 1 rings (SSSR count). The Balaban J connectivity index is 2.17. The van der Waals surface area contributed by atoms with Crippen molar-refractivity contribution in [2.24, 2.45) is 11.7 Å². The zero-order chi connectivity index (χ0) is 10.1. The molecular formula is C7H14N2O3S. The van der Waals surface area contributed by atoms with Crippen molar-refractivity contribution in [2.75, 3.05) is 18.6 Å². The van der Waals surface area contributed by atoms with Crippen LogP contribution in [0.4, 0.5) is 0 Å². The smallest absolute Gasteiger partial charge is 0.224 e. The second kappa shape index (κ2) is 3.63. The first-order valence-corrected chi connectivity index (χ1v) is 6.17. The van der Waals surface area contributed by atoms with E-state index < -0.39 is 9.84 Å². The van der Waals surface area contributed by atoms with Gasteiger partial charge in [-0.1, -0.05) is 0 Å². The molecule has 0 saturated heterocycles. The SMILES string of the molecule is CS(=O)(=O)CCNC(=O)C1CC1N. The molecule has 1 saturated carbocycles. The molecule has 0 aromatic carbocycles. The normalized spacial score (nSPS) is 26.9. The van der Waals surface area contributed by atoms with E-state index in [1.54, 1.807) is 0 Å². The predicted molar refractivity (Wildman–Crippen MR) is 48.8 cm³/mol. The molecule has 0 radical (unpaired) electrons. The van der Waals surface area contributed by atoms with E-state index in [-0.39, 0.29) is 30.2 Å². The van der Waals surface area contributed by atoms with Crippen molar-refractivity contribution >= 4 is 15.7 Å². The first kappa shape index (κ1) is 10.5. The van der Waals surface area contributed by atoms with Gasteiger partial charge in [0.05, 0.1) is 11.7 Å². The molecule has 1 aliphatic carbocycles. The minimum absolute atomic E-state index is 0.0132. The Morgan fingerprint density at radius 2 is 2.15 bits per heavy atom. The Labute approximate surface area is 77.6 Å². The van der Waals surface area contributed by atoms with Crippen LogP contribution < -0.4 is 11.1 Å². The van der Waals surface area contributed by atoms with Crippen LogP contribution in [0, 0.1) is 5.92 Å². The van der Waals surface area contributed by atoms with Gasteiger partial charge in [-0.2, -0.15) is 0 Å². The number of sulfone groups is 1. The average Bonchev–Trinajstić information content (AvgIpc) is 2.63. The van der Waals surface area contributed by atoms with E-state index in [1.807, 2.05) is 0 Å². The fourth-order valence-electron chi connectivity index (χ4n) is 1.01. The summed E-state index contributed by atoms with van der Waals surface area (Å²) in [4.78, 5) is 11.1. The maximum atomic E-state index is 11.1. The second-order valence-corrected chi connectivity index (χ2v) is 5.69. The topological polar surface area (TPSA) is 89.3 Å².